The average molecular weight is 627 g/mol. The fourth-order valence-corrected chi connectivity index (χ4v) is 7.61. The molecule has 0 saturated carbocycles. The summed E-state index contributed by atoms with van der Waals surface area (Å²) in [7, 11) is 0. The lowest BCUT2D eigenvalue weighted by atomic mass is 9.94. The van der Waals surface area contributed by atoms with Crippen molar-refractivity contribution in [3.63, 3.8) is 0 Å². The van der Waals surface area contributed by atoms with Gasteiger partial charge in [0.25, 0.3) is 0 Å². The topological polar surface area (TPSA) is 21.3 Å². The lowest BCUT2D eigenvalue weighted by Gasteiger charge is -2.26. The Morgan fingerprint density at radius 1 is 0.408 bits per heavy atom. The van der Waals surface area contributed by atoms with Crippen molar-refractivity contribution in [2.24, 2.45) is 0 Å². The van der Waals surface area contributed by atoms with Crippen LogP contribution in [-0.4, -0.2) is 4.57 Å². The summed E-state index contributed by atoms with van der Waals surface area (Å²) >= 11 is 0. The van der Waals surface area contributed by atoms with Gasteiger partial charge >= 0.3 is 0 Å². The highest BCUT2D eigenvalue weighted by Gasteiger charge is 2.22. The molecule has 0 fully saturated rings. The highest BCUT2D eigenvalue weighted by molar-refractivity contribution is 6.24. The number of hydrogen-bond donors (Lipinski definition) is 0. The summed E-state index contributed by atoms with van der Waals surface area (Å²) in [6.07, 6.45) is 0. The smallest absolute Gasteiger partial charge is 0.138 e. The first-order valence-electron chi connectivity index (χ1n) is 16.7. The van der Waals surface area contributed by atoms with Gasteiger partial charge in [-0.2, -0.15) is 0 Å². The van der Waals surface area contributed by atoms with E-state index >= 15 is 0 Å². The molecule has 0 radical (unpaired) electrons. The molecule has 0 N–H and O–H groups in total. The second kappa shape index (κ2) is 11.0. The molecule has 2 aromatic heterocycles. The molecule has 0 aliphatic carbocycles. The van der Waals surface area contributed by atoms with Crippen LogP contribution in [0.5, 0.6) is 0 Å². The molecule has 10 aromatic rings. The summed E-state index contributed by atoms with van der Waals surface area (Å²) < 4.78 is 9.14. The van der Waals surface area contributed by atoms with E-state index in [1.807, 2.05) is 0 Å². The van der Waals surface area contributed by atoms with Crippen molar-refractivity contribution in [3.05, 3.63) is 182 Å². The second-order valence-corrected chi connectivity index (χ2v) is 12.6. The molecule has 0 unspecified atom stereocenters. The number of aromatic nitrogens is 1. The summed E-state index contributed by atoms with van der Waals surface area (Å²) in [5.41, 5.74) is 10.8. The van der Waals surface area contributed by atoms with Crippen LogP contribution in [0.15, 0.2) is 186 Å². The van der Waals surface area contributed by atoms with E-state index in [0.29, 0.717) is 0 Å². The Morgan fingerprint density at radius 2 is 1.04 bits per heavy atom. The Morgan fingerprint density at radius 3 is 1.80 bits per heavy atom. The lowest BCUT2D eigenvalue weighted by Crippen LogP contribution is -2.09. The van der Waals surface area contributed by atoms with Crippen LogP contribution in [0.2, 0.25) is 0 Å². The maximum atomic E-state index is 6.77. The van der Waals surface area contributed by atoms with Gasteiger partial charge in [0.15, 0.2) is 0 Å². The quantitative estimate of drug-likeness (QED) is 0.190. The van der Waals surface area contributed by atoms with E-state index in [1.165, 1.54) is 32.6 Å². The van der Waals surface area contributed by atoms with Gasteiger partial charge in [-0.25, -0.2) is 0 Å². The molecule has 3 heteroatoms. The minimum absolute atomic E-state index is 0.863. The van der Waals surface area contributed by atoms with Crippen molar-refractivity contribution in [3.8, 4) is 16.8 Å². The van der Waals surface area contributed by atoms with Crippen LogP contribution in [0.1, 0.15) is 0 Å². The summed E-state index contributed by atoms with van der Waals surface area (Å²) in [6, 6.07) is 64.8. The Bertz CT molecular complexity index is 2770. The zero-order chi connectivity index (χ0) is 32.3. The van der Waals surface area contributed by atoms with Gasteiger partial charge in [-0.1, -0.05) is 109 Å². The third-order valence-electron chi connectivity index (χ3n) is 9.73. The molecule has 0 saturated heterocycles. The summed E-state index contributed by atoms with van der Waals surface area (Å²) in [5.74, 6) is 0. The maximum absolute atomic E-state index is 6.77. The van der Waals surface area contributed by atoms with Gasteiger partial charge in [-0.15, -0.1) is 0 Å². The van der Waals surface area contributed by atoms with E-state index < -0.39 is 0 Å². The van der Waals surface area contributed by atoms with Gasteiger partial charge < -0.3 is 13.9 Å². The molecule has 2 heterocycles. The summed E-state index contributed by atoms with van der Waals surface area (Å²) in [6.45, 7) is 0. The van der Waals surface area contributed by atoms with Gasteiger partial charge in [-0.3, -0.25) is 0 Å². The molecular weight excluding hydrogens is 597 g/mol. The van der Waals surface area contributed by atoms with E-state index in [-0.39, 0.29) is 0 Å². The SMILES string of the molecule is c1ccc(N(c2ccccc2)c2cc(-c3ccc4c(c3)c3ccccc3n4-c3ccccc3)c3c(c2)oc2ccc4ccccc4c23)cc1. The third-order valence-corrected chi connectivity index (χ3v) is 9.73. The van der Waals surface area contributed by atoms with E-state index in [4.69, 9.17) is 4.42 Å². The summed E-state index contributed by atoms with van der Waals surface area (Å²) in [5, 5.41) is 7.11. The fraction of sp³-hybridized carbons (Fsp3) is 0. The van der Waals surface area contributed by atoms with E-state index in [0.717, 1.165) is 55.8 Å². The van der Waals surface area contributed by atoms with Crippen molar-refractivity contribution >= 4 is 71.6 Å². The van der Waals surface area contributed by atoms with Crippen molar-refractivity contribution < 1.29 is 4.42 Å². The van der Waals surface area contributed by atoms with Crippen LogP contribution in [0, 0.1) is 0 Å². The first-order chi connectivity index (χ1) is 24.3. The molecule has 0 amide bonds. The number of nitrogens with zero attached hydrogens (tertiary/aromatic N) is 2. The van der Waals surface area contributed by atoms with E-state index in [1.54, 1.807) is 0 Å². The van der Waals surface area contributed by atoms with Crippen molar-refractivity contribution in [2.75, 3.05) is 4.90 Å². The Hall–Kier alpha value is -6.58. The fourth-order valence-electron chi connectivity index (χ4n) is 7.61. The van der Waals surface area contributed by atoms with Gasteiger partial charge in [0.1, 0.15) is 11.2 Å². The number of furan rings is 1. The first kappa shape index (κ1) is 27.5. The lowest BCUT2D eigenvalue weighted by molar-refractivity contribution is 0.669. The Balaban J connectivity index is 1.31. The molecule has 0 aliphatic rings. The molecule has 8 aromatic carbocycles. The van der Waals surface area contributed by atoms with Gasteiger partial charge in [-0.05, 0) is 88.6 Å². The number of rotatable bonds is 5. The zero-order valence-corrected chi connectivity index (χ0v) is 26.6. The number of benzene rings is 8. The van der Waals surface area contributed by atoms with Crippen LogP contribution < -0.4 is 4.90 Å². The van der Waals surface area contributed by atoms with Crippen molar-refractivity contribution in [1.29, 1.82) is 0 Å². The molecular formula is C46H30N2O. The molecule has 49 heavy (non-hydrogen) atoms. The zero-order valence-electron chi connectivity index (χ0n) is 26.6. The van der Waals surface area contributed by atoms with Gasteiger partial charge in [0, 0.05) is 44.7 Å². The summed E-state index contributed by atoms with van der Waals surface area (Å²) in [4.78, 5) is 2.31. The van der Waals surface area contributed by atoms with Crippen LogP contribution in [0.3, 0.4) is 0 Å². The molecule has 0 spiro atoms. The Labute approximate surface area is 283 Å². The second-order valence-electron chi connectivity index (χ2n) is 12.6. The minimum atomic E-state index is 0.863. The molecule has 3 nitrogen and oxygen atoms in total. The third kappa shape index (κ3) is 4.37. The predicted octanol–water partition coefficient (Wildman–Crippen LogP) is 13.0. The standard InChI is InChI=1S/C46H30N2O/c1-4-15-33(16-5-1)47(34-17-6-2-7-18-34)36-29-39(46-44(30-36)49-43-27-25-31-14-10-11-21-37(31)45(43)46)32-24-26-42-40(28-32)38-22-12-13-23-41(38)48(42)35-19-8-3-9-20-35/h1-30H. The highest BCUT2D eigenvalue weighted by Crippen LogP contribution is 2.46. The van der Waals surface area contributed by atoms with Crippen LogP contribution in [0.25, 0.3) is 71.3 Å². The molecule has 230 valence electrons. The van der Waals surface area contributed by atoms with Crippen LogP contribution >= 0.6 is 0 Å². The molecule has 0 atom stereocenters. The normalized spacial score (nSPS) is 11.7. The molecule has 0 aliphatic heterocycles. The van der Waals surface area contributed by atoms with Crippen molar-refractivity contribution in [1.82, 2.24) is 4.57 Å². The van der Waals surface area contributed by atoms with Crippen molar-refractivity contribution in [2.45, 2.75) is 0 Å². The molecule has 0 bridgehead atoms. The average Bonchev–Trinajstić information content (AvgIpc) is 3.72. The number of para-hydroxylation sites is 4. The van der Waals surface area contributed by atoms with Crippen LogP contribution in [0.4, 0.5) is 17.1 Å². The number of anilines is 3. The highest BCUT2D eigenvalue weighted by atomic mass is 16.3. The monoisotopic (exact) mass is 626 g/mol. The van der Waals surface area contributed by atoms with Gasteiger partial charge in [0.05, 0.1) is 16.7 Å². The van der Waals surface area contributed by atoms with Gasteiger partial charge in [0.2, 0.25) is 0 Å². The maximum Gasteiger partial charge on any atom is 0.138 e. The Kier molecular flexibility index (Phi) is 6.18. The first-order valence-corrected chi connectivity index (χ1v) is 16.7. The number of fused-ring (bicyclic) bond motifs is 8. The largest absolute Gasteiger partial charge is 0.456 e. The molecule has 10 rings (SSSR count). The van der Waals surface area contributed by atoms with E-state index in [2.05, 4.69) is 191 Å². The predicted molar refractivity (Wildman–Crippen MR) is 206 cm³/mol. The minimum Gasteiger partial charge on any atom is -0.456 e. The van der Waals surface area contributed by atoms with Crippen LogP contribution in [-0.2, 0) is 0 Å². The number of hydrogen-bond acceptors (Lipinski definition) is 2. The van der Waals surface area contributed by atoms with E-state index in [9.17, 15) is 0 Å².